The summed E-state index contributed by atoms with van der Waals surface area (Å²) in [5.74, 6) is -0.212. The number of fused-ring (bicyclic) bond motifs is 1. The van der Waals surface area contributed by atoms with Crippen LogP contribution in [0, 0.1) is 0 Å². The zero-order valence-electron chi connectivity index (χ0n) is 20.5. The van der Waals surface area contributed by atoms with Crippen molar-refractivity contribution in [2.75, 3.05) is 39.3 Å². The molecule has 4 aromatic rings. The van der Waals surface area contributed by atoms with Gasteiger partial charge in [-0.3, -0.25) is 19.1 Å². The summed E-state index contributed by atoms with van der Waals surface area (Å²) in [5.41, 5.74) is 2.40. The van der Waals surface area contributed by atoms with Crippen molar-refractivity contribution in [2.45, 2.75) is 12.2 Å². The molecule has 2 fully saturated rings. The average molecular weight is 557 g/mol. The van der Waals surface area contributed by atoms with Crippen LogP contribution in [0.4, 0.5) is 13.2 Å². The van der Waals surface area contributed by atoms with E-state index in [2.05, 4.69) is 14.9 Å². The first kappa shape index (κ1) is 25.3. The predicted octanol–water partition coefficient (Wildman–Crippen LogP) is 3.08. The Bertz CT molecular complexity index is 1580. The third-order valence-electron chi connectivity index (χ3n) is 7.30. The number of likely N-dealkylation sites (tertiary alicyclic amines) is 1. The molecule has 2 saturated heterocycles. The Balaban J connectivity index is 1.09. The number of nitrogens with zero attached hydrogens (tertiary/aromatic N) is 5. The topological polar surface area (TPSA) is 94.5 Å². The molecule has 0 unspecified atom stereocenters. The number of benzene rings is 2. The summed E-state index contributed by atoms with van der Waals surface area (Å²) < 4.78 is 40.0. The summed E-state index contributed by atoms with van der Waals surface area (Å²) >= 11 is 1.39. The molecule has 0 bridgehead atoms. The Morgan fingerprint density at radius 1 is 0.949 bits per heavy atom. The molecule has 2 amide bonds. The second-order valence-corrected chi connectivity index (χ2v) is 10.3. The van der Waals surface area contributed by atoms with Gasteiger partial charge in [-0.1, -0.05) is 0 Å². The van der Waals surface area contributed by atoms with E-state index in [1.807, 2.05) is 0 Å². The molecule has 39 heavy (non-hydrogen) atoms. The molecule has 4 heterocycles. The highest BCUT2D eigenvalue weighted by atomic mass is 32.1. The van der Waals surface area contributed by atoms with E-state index in [0.717, 1.165) is 25.2 Å². The van der Waals surface area contributed by atoms with Gasteiger partial charge in [0.25, 0.3) is 11.8 Å². The highest BCUT2D eigenvalue weighted by Gasteiger charge is 2.37. The lowest BCUT2D eigenvalue weighted by molar-refractivity contribution is -0.137. The van der Waals surface area contributed by atoms with Crippen molar-refractivity contribution in [1.82, 2.24) is 29.2 Å². The number of alkyl halides is 3. The number of aromatic nitrogens is 3. The van der Waals surface area contributed by atoms with Crippen molar-refractivity contribution < 1.29 is 22.8 Å². The van der Waals surface area contributed by atoms with Gasteiger partial charge >= 0.3 is 11.9 Å². The van der Waals surface area contributed by atoms with Crippen molar-refractivity contribution in [1.29, 1.82) is 0 Å². The Morgan fingerprint density at radius 3 is 2.31 bits per heavy atom. The Morgan fingerprint density at radius 2 is 1.67 bits per heavy atom. The molecule has 0 saturated carbocycles. The number of imidazole rings is 1. The van der Waals surface area contributed by atoms with Crippen LogP contribution in [0.2, 0.25) is 0 Å². The van der Waals surface area contributed by atoms with Crippen LogP contribution >= 0.6 is 11.3 Å². The number of halogens is 3. The monoisotopic (exact) mass is 556 g/mol. The average Bonchev–Trinajstić information content (AvgIpc) is 3.54. The number of thiazole rings is 1. The highest BCUT2D eigenvalue weighted by Crippen LogP contribution is 2.30. The fraction of sp³-hybridized carbons (Fsp3) is 0.308. The van der Waals surface area contributed by atoms with Gasteiger partial charge in [-0.2, -0.15) is 13.2 Å². The smallest absolute Gasteiger partial charge is 0.335 e. The molecule has 2 aromatic heterocycles. The number of amides is 2. The number of carbonyl (C=O) groups is 2. The highest BCUT2D eigenvalue weighted by molar-refractivity contribution is 7.07. The van der Waals surface area contributed by atoms with E-state index in [1.54, 1.807) is 38.9 Å². The molecule has 0 atom stereocenters. The second-order valence-electron chi connectivity index (χ2n) is 9.61. The zero-order valence-corrected chi connectivity index (χ0v) is 21.3. The van der Waals surface area contributed by atoms with Crippen LogP contribution < -0.4 is 5.69 Å². The van der Waals surface area contributed by atoms with Crippen molar-refractivity contribution in [3.63, 3.8) is 0 Å². The van der Waals surface area contributed by atoms with Crippen LogP contribution in [-0.4, -0.2) is 86.4 Å². The molecule has 6 rings (SSSR count). The maximum absolute atomic E-state index is 13.1. The van der Waals surface area contributed by atoms with Crippen LogP contribution in [0.25, 0.3) is 16.7 Å². The summed E-state index contributed by atoms with van der Waals surface area (Å²) in [5, 5.41) is 1.75. The van der Waals surface area contributed by atoms with Crippen LogP contribution in [0.1, 0.15) is 26.4 Å². The van der Waals surface area contributed by atoms with Gasteiger partial charge in [-0.15, -0.1) is 11.3 Å². The molecule has 2 aliphatic heterocycles. The molecule has 13 heteroatoms. The third-order valence-corrected chi connectivity index (χ3v) is 7.89. The summed E-state index contributed by atoms with van der Waals surface area (Å²) in [6.45, 7) is 3.82. The normalized spacial score (nSPS) is 17.0. The molecule has 1 N–H and O–H groups in total. The SMILES string of the molecule is O=C(c1ccc2c(c1)[nH]c(=O)n2-c1ccc(C(F)(F)F)cc1)N1CC(N2CCN(C(=O)c3cscn3)CC2)C1. The minimum absolute atomic E-state index is 0.0538. The minimum atomic E-state index is -4.47. The second kappa shape index (κ2) is 9.65. The molecular formula is C26H23F3N6O3S. The van der Waals surface area contributed by atoms with Gasteiger partial charge in [0.15, 0.2) is 0 Å². The largest absolute Gasteiger partial charge is 0.416 e. The molecule has 0 spiro atoms. The van der Waals surface area contributed by atoms with Crippen LogP contribution in [0.15, 0.2) is 58.1 Å². The van der Waals surface area contributed by atoms with Crippen molar-refractivity contribution in [3.05, 3.63) is 80.7 Å². The van der Waals surface area contributed by atoms with Crippen molar-refractivity contribution in [2.24, 2.45) is 0 Å². The molecule has 9 nitrogen and oxygen atoms in total. The maximum Gasteiger partial charge on any atom is 0.416 e. The third kappa shape index (κ3) is 4.72. The molecular weight excluding hydrogens is 533 g/mol. The number of H-pyrrole nitrogens is 1. The Hall–Kier alpha value is -3.97. The minimum Gasteiger partial charge on any atom is -0.335 e. The van der Waals surface area contributed by atoms with Gasteiger partial charge in [0.1, 0.15) is 5.69 Å². The molecule has 0 aliphatic carbocycles. The quantitative estimate of drug-likeness (QED) is 0.417. The predicted molar refractivity (Wildman–Crippen MR) is 138 cm³/mol. The fourth-order valence-corrected chi connectivity index (χ4v) is 5.63. The number of rotatable bonds is 4. The number of piperazine rings is 1. The zero-order chi connectivity index (χ0) is 27.3. The van der Waals surface area contributed by atoms with E-state index in [9.17, 15) is 27.6 Å². The summed E-state index contributed by atoms with van der Waals surface area (Å²) in [6.07, 6.45) is -4.47. The lowest BCUT2D eigenvalue weighted by atomic mass is 10.0. The first-order valence-electron chi connectivity index (χ1n) is 12.3. The summed E-state index contributed by atoms with van der Waals surface area (Å²) in [7, 11) is 0. The maximum atomic E-state index is 13.1. The van der Waals surface area contributed by atoms with Gasteiger partial charge in [0.2, 0.25) is 0 Å². The van der Waals surface area contributed by atoms with Gasteiger partial charge < -0.3 is 14.8 Å². The number of aromatic amines is 1. The number of hydrogen-bond acceptors (Lipinski definition) is 6. The van der Waals surface area contributed by atoms with Gasteiger partial charge in [-0.25, -0.2) is 9.78 Å². The summed E-state index contributed by atoms with van der Waals surface area (Å²) in [6, 6.07) is 9.39. The van der Waals surface area contributed by atoms with Gasteiger partial charge in [0.05, 0.1) is 27.8 Å². The van der Waals surface area contributed by atoms with E-state index in [0.29, 0.717) is 48.5 Å². The van der Waals surface area contributed by atoms with Crippen LogP contribution in [-0.2, 0) is 6.18 Å². The lowest BCUT2D eigenvalue weighted by Crippen LogP contribution is -2.64. The van der Waals surface area contributed by atoms with E-state index >= 15 is 0 Å². The molecule has 202 valence electrons. The van der Waals surface area contributed by atoms with Gasteiger partial charge in [-0.05, 0) is 42.5 Å². The Kier molecular flexibility index (Phi) is 6.26. The van der Waals surface area contributed by atoms with Crippen molar-refractivity contribution >= 4 is 34.2 Å². The van der Waals surface area contributed by atoms with E-state index in [1.165, 1.54) is 28.0 Å². The first-order chi connectivity index (χ1) is 18.7. The van der Waals surface area contributed by atoms with E-state index in [4.69, 9.17) is 0 Å². The number of nitrogens with one attached hydrogen (secondary N) is 1. The summed E-state index contributed by atoms with van der Waals surface area (Å²) in [4.78, 5) is 50.8. The fourth-order valence-electron chi connectivity index (χ4n) is 5.11. The molecule has 0 radical (unpaired) electrons. The number of carbonyl (C=O) groups excluding carboxylic acids is 2. The van der Waals surface area contributed by atoms with Crippen molar-refractivity contribution in [3.8, 4) is 5.69 Å². The number of hydrogen-bond donors (Lipinski definition) is 1. The molecule has 2 aliphatic rings. The van der Waals surface area contributed by atoms with Gasteiger partial charge in [0, 0.05) is 56.3 Å². The molecule has 2 aromatic carbocycles. The standard InChI is InChI=1S/C26H23F3N6O3S/c27-26(28,29)17-2-4-18(5-3-17)35-22-6-1-16(11-20(22)31-25(35)38)23(36)34-12-19(13-34)32-7-9-33(10-8-32)24(37)21-14-39-15-30-21/h1-6,11,14-15,19H,7-10,12-13H2,(H,31,38). The first-order valence-corrected chi connectivity index (χ1v) is 13.3. The Labute approximate surface area is 224 Å². The van der Waals surface area contributed by atoms with E-state index < -0.39 is 17.4 Å². The van der Waals surface area contributed by atoms with Crippen LogP contribution in [0.5, 0.6) is 0 Å². The van der Waals surface area contributed by atoms with Crippen LogP contribution in [0.3, 0.4) is 0 Å². The van der Waals surface area contributed by atoms with E-state index in [-0.39, 0.29) is 23.5 Å². The lowest BCUT2D eigenvalue weighted by Gasteiger charge is -2.48.